The molecule has 0 aliphatic heterocycles. The summed E-state index contributed by atoms with van der Waals surface area (Å²) in [7, 11) is 1.57. The maximum Gasteiger partial charge on any atom is 0.205 e. The fraction of sp³-hybridized carbons (Fsp3) is 0.0588. The first-order valence-corrected chi connectivity index (χ1v) is 8.35. The van der Waals surface area contributed by atoms with Crippen molar-refractivity contribution < 1.29 is 9.53 Å². The molecule has 0 atom stereocenters. The van der Waals surface area contributed by atoms with Gasteiger partial charge in [-0.05, 0) is 46.3 Å². The number of Topliss-reactive ketones (excluding diaryl/α,β-unsaturated/α-hetero) is 1. The Balaban J connectivity index is 2.05. The van der Waals surface area contributed by atoms with E-state index in [1.54, 1.807) is 25.4 Å². The molecule has 1 aromatic carbocycles. The van der Waals surface area contributed by atoms with E-state index in [0.29, 0.717) is 11.3 Å². The van der Waals surface area contributed by atoms with Crippen molar-refractivity contribution in [3.8, 4) is 11.8 Å². The molecule has 114 valence electrons. The maximum absolute atomic E-state index is 12.7. The summed E-state index contributed by atoms with van der Waals surface area (Å²) < 4.78 is 6.13. The third-order valence-electron chi connectivity index (χ3n) is 3.37. The molecular formula is C17H11BrN2O2S. The minimum absolute atomic E-state index is 0.100. The number of allylic oxidation sites excluding steroid dienone is 1. The van der Waals surface area contributed by atoms with Gasteiger partial charge in [0.25, 0.3) is 0 Å². The Morgan fingerprint density at radius 3 is 2.91 bits per heavy atom. The fourth-order valence-electron chi connectivity index (χ4n) is 2.25. The average Bonchev–Trinajstić information content (AvgIpc) is 3.17. The normalized spacial score (nSPS) is 11.4. The van der Waals surface area contributed by atoms with Crippen molar-refractivity contribution in [3.63, 3.8) is 0 Å². The summed E-state index contributed by atoms with van der Waals surface area (Å²) in [6.45, 7) is 0. The molecule has 2 aromatic heterocycles. The molecule has 3 rings (SSSR count). The molecule has 0 aliphatic carbocycles. The number of carbonyl (C=O) groups excluding carboxylic acids is 1. The highest BCUT2D eigenvalue weighted by atomic mass is 79.9. The van der Waals surface area contributed by atoms with Gasteiger partial charge >= 0.3 is 0 Å². The molecule has 0 fully saturated rings. The van der Waals surface area contributed by atoms with E-state index in [1.165, 1.54) is 11.3 Å². The van der Waals surface area contributed by atoms with Gasteiger partial charge in [0.05, 0.1) is 7.11 Å². The van der Waals surface area contributed by atoms with Crippen LogP contribution in [0.1, 0.15) is 15.2 Å². The highest BCUT2D eigenvalue weighted by Crippen LogP contribution is 2.27. The number of carbonyl (C=O) groups is 1. The topological polar surface area (TPSA) is 65.9 Å². The van der Waals surface area contributed by atoms with E-state index < -0.39 is 0 Å². The lowest BCUT2D eigenvalue weighted by molar-refractivity contribution is 0.104. The Kier molecular flexibility index (Phi) is 4.33. The van der Waals surface area contributed by atoms with Crippen LogP contribution in [0, 0.1) is 11.3 Å². The number of benzene rings is 1. The number of halogens is 1. The van der Waals surface area contributed by atoms with E-state index in [2.05, 4.69) is 20.9 Å². The quantitative estimate of drug-likeness (QED) is 0.398. The zero-order valence-electron chi connectivity index (χ0n) is 12.1. The molecule has 0 saturated heterocycles. The van der Waals surface area contributed by atoms with Crippen molar-refractivity contribution in [2.24, 2.45) is 0 Å². The Bertz CT molecular complexity index is 963. The van der Waals surface area contributed by atoms with E-state index in [-0.39, 0.29) is 11.4 Å². The second-order valence-electron chi connectivity index (χ2n) is 4.78. The Hall–Kier alpha value is -2.36. The van der Waals surface area contributed by atoms with Gasteiger partial charge in [0.1, 0.15) is 17.4 Å². The number of ether oxygens (including phenoxy) is 1. The van der Waals surface area contributed by atoms with Crippen LogP contribution in [0.5, 0.6) is 5.75 Å². The first kappa shape index (κ1) is 15.5. The van der Waals surface area contributed by atoms with Crippen molar-refractivity contribution >= 4 is 50.0 Å². The van der Waals surface area contributed by atoms with Crippen LogP contribution in [0.15, 0.2) is 45.9 Å². The number of thiophene rings is 1. The van der Waals surface area contributed by atoms with Crippen molar-refractivity contribution in [3.05, 3.63) is 56.3 Å². The Labute approximate surface area is 145 Å². The summed E-state index contributed by atoms with van der Waals surface area (Å²) in [5, 5.41) is 12.0. The summed E-state index contributed by atoms with van der Waals surface area (Å²) in [5.41, 5.74) is 1.38. The third kappa shape index (κ3) is 3.07. The molecule has 0 amide bonds. The number of H-pyrrole nitrogens is 1. The SMILES string of the molecule is COc1ccc2[nH]cc(C(=O)/C(C#N)=C/c3cc(Br)cs3)c2c1. The van der Waals surface area contributed by atoms with E-state index in [4.69, 9.17) is 4.74 Å². The summed E-state index contributed by atoms with van der Waals surface area (Å²) in [6.07, 6.45) is 3.23. The van der Waals surface area contributed by atoms with Gasteiger partial charge in [0, 0.05) is 37.4 Å². The summed E-state index contributed by atoms with van der Waals surface area (Å²) in [5.74, 6) is 0.354. The summed E-state index contributed by atoms with van der Waals surface area (Å²) >= 11 is 4.83. The smallest absolute Gasteiger partial charge is 0.205 e. The number of aromatic nitrogens is 1. The molecule has 1 N–H and O–H groups in total. The van der Waals surface area contributed by atoms with Gasteiger partial charge in [-0.25, -0.2) is 0 Å². The number of aromatic amines is 1. The van der Waals surface area contributed by atoms with Crippen LogP contribution in [0.3, 0.4) is 0 Å². The molecule has 0 saturated carbocycles. The second kappa shape index (κ2) is 6.41. The van der Waals surface area contributed by atoms with Crippen LogP contribution in [0.2, 0.25) is 0 Å². The minimum atomic E-state index is -0.309. The fourth-order valence-corrected chi connectivity index (χ4v) is 3.63. The number of nitrogens with one attached hydrogen (secondary N) is 1. The number of methoxy groups -OCH3 is 1. The maximum atomic E-state index is 12.7. The largest absolute Gasteiger partial charge is 0.497 e. The first-order chi connectivity index (χ1) is 11.1. The van der Waals surface area contributed by atoms with Gasteiger partial charge in [-0.15, -0.1) is 11.3 Å². The van der Waals surface area contributed by atoms with E-state index in [0.717, 1.165) is 20.3 Å². The van der Waals surface area contributed by atoms with Crippen LogP contribution in [0.25, 0.3) is 17.0 Å². The molecule has 0 spiro atoms. The van der Waals surface area contributed by atoms with Gasteiger partial charge in [-0.1, -0.05) is 0 Å². The highest BCUT2D eigenvalue weighted by molar-refractivity contribution is 9.10. The van der Waals surface area contributed by atoms with Crippen LogP contribution < -0.4 is 4.74 Å². The zero-order valence-corrected chi connectivity index (χ0v) is 14.5. The van der Waals surface area contributed by atoms with Gasteiger partial charge in [0.15, 0.2) is 0 Å². The van der Waals surface area contributed by atoms with Crippen LogP contribution in [-0.2, 0) is 0 Å². The number of nitriles is 1. The first-order valence-electron chi connectivity index (χ1n) is 6.68. The lowest BCUT2D eigenvalue weighted by Crippen LogP contribution is -2.00. The van der Waals surface area contributed by atoms with E-state index >= 15 is 0 Å². The van der Waals surface area contributed by atoms with Crippen LogP contribution in [-0.4, -0.2) is 17.9 Å². The van der Waals surface area contributed by atoms with E-state index in [1.807, 2.05) is 29.6 Å². The van der Waals surface area contributed by atoms with Crippen molar-refractivity contribution in [2.45, 2.75) is 0 Å². The lowest BCUT2D eigenvalue weighted by atomic mass is 10.0. The highest BCUT2D eigenvalue weighted by Gasteiger charge is 2.17. The molecule has 23 heavy (non-hydrogen) atoms. The number of nitrogens with zero attached hydrogens (tertiary/aromatic N) is 1. The minimum Gasteiger partial charge on any atom is -0.497 e. The number of hydrogen-bond acceptors (Lipinski definition) is 4. The third-order valence-corrected chi connectivity index (χ3v) is 5.01. The lowest BCUT2D eigenvalue weighted by Gasteiger charge is -2.01. The molecule has 0 unspecified atom stereocenters. The average molecular weight is 387 g/mol. The van der Waals surface area contributed by atoms with Crippen LogP contribution in [0.4, 0.5) is 0 Å². The molecule has 4 nitrogen and oxygen atoms in total. The molecule has 0 aliphatic rings. The van der Waals surface area contributed by atoms with Crippen LogP contribution >= 0.6 is 27.3 Å². The number of hydrogen-bond donors (Lipinski definition) is 1. The van der Waals surface area contributed by atoms with Crippen molar-refractivity contribution in [1.29, 1.82) is 5.26 Å². The van der Waals surface area contributed by atoms with Gasteiger partial charge in [0.2, 0.25) is 5.78 Å². The predicted octanol–water partition coefficient (Wildman–Crippen LogP) is 4.79. The zero-order chi connectivity index (χ0) is 16.4. The van der Waals surface area contributed by atoms with E-state index in [9.17, 15) is 10.1 Å². The number of fused-ring (bicyclic) bond motifs is 1. The molecule has 0 radical (unpaired) electrons. The van der Waals surface area contributed by atoms with Crippen molar-refractivity contribution in [1.82, 2.24) is 4.98 Å². The molecule has 2 heterocycles. The Morgan fingerprint density at radius 1 is 1.43 bits per heavy atom. The molecule has 3 aromatic rings. The monoisotopic (exact) mass is 386 g/mol. The molecule has 6 heteroatoms. The standard InChI is InChI=1S/C17H11BrN2O2S/c1-22-12-2-3-16-14(6-12)15(8-20-16)17(21)10(7-19)4-13-5-11(18)9-23-13/h2-6,8-9,20H,1H3/b10-4+. The number of ketones is 1. The van der Waals surface area contributed by atoms with Gasteiger partial charge in [-0.3, -0.25) is 4.79 Å². The summed E-state index contributed by atoms with van der Waals surface area (Å²) in [6, 6.07) is 9.32. The molecular weight excluding hydrogens is 376 g/mol. The van der Waals surface area contributed by atoms with Crippen molar-refractivity contribution in [2.75, 3.05) is 7.11 Å². The number of rotatable bonds is 4. The van der Waals surface area contributed by atoms with Gasteiger partial charge < -0.3 is 9.72 Å². The van der Waals surface area contributed by atoms with Gasteiger partial charge in [-0.2, -0.15) is 5.26 Å². The molecule has 0 bridgehead atoms. The Morgan fingerprint density at radius 2 is 2.26 bits per heavy atom. The summed E-state index contributed by atoms with van der Waals surface area (Å²) in [4.78, 5) is 16.6. The predicted molar refractivity (Wildman–Crippen MR) is 94.8 cm³/mol. The second-order valence-corrected chi connectivity index (χ2v) is 6.64.